The number of allylic oxidation sites excluding steroid dienone is 1. The number of likely N-dealkylation sites (tertiary alicyclic amines) is 1. The molecule has 2 aliphatic heterocycles. The number of hydrogen-bond donors (Lipinski definition) is 2. The summed E-state index contributed by atoms with van der Waals surface area (Å²) in [5.74, 6) is -0.991. The van der Waals surface area contributed by atoms with Crippen LogP contribution in [0.2, 0.25) is 0 Å². The van der Waals surface area contributed by atoms with Gasteiger partial charge in [0.05, 0.1) is 17.8 Å². The number of halogens is 2. The fourth-order valence-electron chi connectivity index (χ4n) is 4.12. The van der Waals surface area contributed by atoms with Crippen LogP contribution in [-0.4, -0.2) is 36.1 Å². The molecule has 0 saturated carbocycles. The van der Waals surface area contributed by atoms with E-state index in [1.807, 2.05) is 19.1 Å². The monoisotopic (exact) mass is 369 g/mol. The van der Waals surface area contributed by atoms with Crippen molar-refractivity contribution in [3.8, 4) is 0 Å². The zero-order valence-electron chi connectivity index (χ0n) is 15.0. The van der Waals surface area contributed by atoms with Gasteiger partial charge >= 0.3 is 6.03 Å². The summed E-state index contributed by atoms with van der Waals surface area (Å²) in [4.78, 5) is 14.4. The third kappa shape index (κ3) is 3.21. The van der Waals surface area contributed by atoms with Gasteiger partial charge in [-0.15, -0.1) is 0 Å². The van der Waals surface area contributed by atoms with Crippen LogP contribution in [0.4, 0.5) is 19.3 Å². The molecule has 1 unspecified atom stereocenters. The fourth-order valence-corrected chi connectivity index (χ4v) is 4.12. The van der Waals surface area contributed by atoms with Gasteiger partial charge in [0.2, 0.25) is 0 Å². The van der Waals surface area contributed by atoms with Crippen molar-refractivity contribution >= 4 is 17.8 Å². The third-order valence-corrected chi connectivity index (χ3v) is 5.34. The standard InChI is InChI=1S/C21H21F2N3O/c1-2-3-13-4-6-14(7-5-13)20-18-11-24-12-19(20)26(18)21(27)25-17-10-15(22)8-9-16(17)23/h2-10,18-20,24H,11-12H2,1H3,(H,25,27)/b3-2+/t18-,19+,20?. The number of amides is 2. The van der Waals surface area contributed by atoms with E-state index in [2.05, 4.69) is 34.9 Å². The lowest BCUT2D eigenvalue weighted by molar-refractivity contribution is 0.00198. The topological polar surface area (TPSA) is 44.4 Å². The van der Waals surface area contributed by atoms with Crippen LogP contribution in [0.1, 0.15) is 24.0 Å². The van der Waals surface area contributed by atoms with Gasteiger partial charge < -0.3 is 15.5 Å². The maximum absolute atomic E-state index is 13.8. The number of hydrogen-bond acceptors (Lipinski definition) is 2. The van der Waals surface area contributed by atoms with Crippen molar-refractivity contribution in [1.29, 1.82) is 0 Å². The van der Waals surface area contributed by atoms with E-state index in [0.717, 1.165) is 23.8 Å². The number of benzene rings is 2. The number of carbonyl (C=O) groups is 1. The predicted octanol–water partition coefficient (Wildman–Crippen LogP) is 3.97. The van der Waals surface area contributed by atoms with Gasteiger partial charge in [0.1, 0.15) is 11.6 Å². The Morgan fingerprint density at radius 1 is 1.15 bits per heavy atom. The summed E-state index contributed by atoms with van der Waals surface area (Å²) in [6, 6.07) is 11.0. The number of rotatable bonds is 3. The lowest BCUT2D eigenvalue weighted by Crippen LogP contribution is -2.74. The molecule has 2 aliphatic rings. The molecule has 2 saturated heterocycles. The van der Waals surface area contributed by atoms with Crippen molar-refractivity contribution in [3.63, 3.8) is 0 Å². The highest BCUT2D eigenvalue weighted by Crippen LogP contribution is 2.43. The average Bonchev–Trinajstić information content (AvgIpc) is 2.67. The summed E-state index contributed by atoms with van der Waals surface area (Å²) in [5, 5.41) is 5.83. The molecule has 140 valence electrons. The van der Waals surface area contributed by atoms with Crippen molar-refractivity contribution in [2.24, 2.45) is 0 Å². The number of fused-ring (bicyclic) bond motifs is 2. The Morgan fingerprint density at radius 2 is 1.85 bits per heavy atom. The number of nitrogens with zero attached hydrogens (tertiary/aromatic N) is 1. The summed E-state index contributed by atoms with van der Waals surface area (Å²) >= 11 is 0. The lowest BCUT2D eigenvalue weighted by Gasteiger charge is -2.59. The number of piperazine rings is 1. The second-order valence-corrected chi connectivity index (χ2v) is 6.95. The van der Waals surface area contributed by atoms with Crippen molar-refractivity contribution in [1.82, 2.24) is 10.2 Å². The molecule has 6 heteroatoms. The molecule has 2 bridgehead atoms. The van der Waals surface area contributed by atoms with Gasteiger partial charge in [0.15, 0.2) is 0 Å². The summed E-state index contributed by atoms with van der Waals surface area (Å²) in [6.45, 7) is 3.33. The van der Waals surface area contributed by atoms with Gasteiger partial charge in [0.25, 0.3) is 0 Å². The van der Waals surface area contributed by atoms with Crippen LogP contribution < -0.4 is 10.6 Å². The first-order valence-electron chi connectivity index (χ1n) is 9.06. The van der Waals surface area contributed by atoms with Gasteiger partial charge in [-0.1, -0.05) is 36.4 Å². The predicted molar refractivity (Wildman–Crippen MR) is 102 cm³/mol. The van der Waals surface area contributed by atoms with E-state index in [1.165, 1.54) is 5.56 Å². The Morgan fingerprint density at radius 3 is 2.52 bits per heavy atom. The Hall–Kier alpha value is -2.73. The molecule has 4 nitrogen and oxygen atoms in total. The van der Waals surface area contributed by atoms with Gasteiger partial charge in [0, 0.05) is 25.1 Å². The molecule has 4 rings (SSSR count). The minimum atomic E-state index is -0.648. The Kier molecular flexibility index (Phi) is 4.66. The van der Waals surface area contributed by atoms with Crippen LogP contribution in [0, 0.1) is 11.6 Å². The second-order valence-electron chi connectivity index (χ2n) is 6.95. The first kappa shape index (κ1) is 17.7. The third-order valence-electron chi connectivity index (χ3n) is 5.34. The average molecular weight is 369 g/mol. The molecule has 27 heavy (non-hydrogen) atoms. The van der Waals surface area contributed by atoms with Crippen LogP contribution >= 0.6 is 0 Å². The quantitative estimate of drug-likeness (QED) is 0.860. The highest BCUT2D eigenvalue weighted by Gasteiger charge is 2.53. The molecule has 2 N–H and O–H groups in total. The Balaban J connectivity index is 1.51. The Bertz CT molecular complexity index is 869. The highest BCUT2D eigenvalue weighted by atomic mass is 19.1. The summed E-state index contributed by atoms with van der Waals surface area (Å²) in [7, 11) is 0. The number of nitrogens with one attached hydrogen (secondary N) is 2. The maximum Gasteiger partial charge on any atom is 0.322 e. The normalized spacial score (nSPS) is 24.0. The molecule has 2 aromatic rings. The van der Waals surface area contributed by atoms with Gasteiger partial charge in [-0.25, -0.2) is 13.6 Å². The van der Waals surface area contributed by atoms with E-state index >= 15 is 0 Å². The largest absolute Gasteiger partial charge is 0.322 e. The van der Waals surface area contributed by atoms with Gasteiger partial charge in [-0.05, 0) is 30.2 Å². The second kappa shape index (κ2) is 7.12. The van der Waals surface area contributed by atoms with Crippen LogP contribution in [0.15, 0.2) is 48.5 Å². The van der Waals surface area contributed by atoms with Crippen molar-refractivity contribution in [3.05, 3.63) is 71.3 Å². The zero-order chi connectivity index (χ0) is 19.0. The van der Waals surface area contributed by atoms with Crippen LogP contribution in [-0.2, 0) is 0 Å². The minimum Gasteiger partial charge on any atom is -0.315 e. The molecular weight excluding hydrogens is 348 g/mol. The summed E-state index contributed by atoms with van der Waals surface area (Å²) < 4.78 is 27.2. The van der Waals surface area contributed by atoms with Crippen molar-refractivity contribution < 1.29 is 13.6 Å². The number of anilines is 1. The van der Waals surface area contributed by atoms with Crippen LogP contribution in [0.5, 0.6) is 0 Å². The molecule has 2 fully saturated rings. The van der Waals surface area contributed by atoms with Gasteiger partial charge in [-0.3, -0.25) is 0 Å². The molecule has 2 aromatic carbocycles. The minimum absolute atomic E-state index is 0.00654. The molecule has 0 radical (unpaired) electrons. The molecule has 2 amide bonds. The number of urea groups is 1. The zero-order valence-corrected chi connectivity index (χ0v) is 15.0. The molecule has 3 atom stereocenters. The first-order chi connectivity index (χ1) is 13.1. The van der Waals surface area contributed by atoms with E-state index < -0.39 is 17.7 Å². The van der Waals surface area contributed by atoms with Crippen molar-refractivity contribution in [2.75, 3.05) is 18.4 Å². The van der Waals surface area contributed by atoms with Gasteiger partial charge in [-0.2, -0.15) is 0 Å². The van der Waals surface area contributed by atoms with Crippen molar-refractivity contribution in [2.45, 2.75) is 24.9 Å². The van der Waals surface area contributed by atoms with E-state index in [0.29, 0.717) is 13.1 Å². The smallest absolute Gasteiger partial charge is 0.315 e. The fraction of sp³-hybridized carbons (Fsp3) is 0.286. The van der Waals surface area contributed by atoms with E-state index in [9.17, 15) is 13.6 Å². The summed E-state index contributed by atoms with van der Waals surface area (Å²) in [6.07, 6.45) is 4.04. The SMILES string of the molecule is C/C=C/c1ccc(C2[C@H]3CNC[C@@H]2N3C(=O)Nc2cc(F)ccc2F)cc1. The number of carbonyl (C=O) groups excluding carboxylic acids is 1. The van der Waals surface area contributed by atoms with E-state index in [4.69, 9.17) is 0 Å². The highest BCUT2D eigenvalue weighted by molar-refractivity contribution is 5.91. The molecular formula is C21H21F2N3O. The van der Waals surface area contributed by atoms with Crippen LogP contribution in [0.25, 0.3) is 6.08 Å². The molecule has 2 heterocycles. The van der Waals surface area contributed by atoms with E-state index in [1.54, 1.807) is 4.90 Å². The molecule has 0 aromatic heterocycles. The Labute approximate surface area is 156 Å². The van der Waals surface area contributed by atoms with E-state index in [-0.39, 0.29) is 23.7 Å². The summed E-state index contributed by atoms with van der Waals surface area (Å²) in [5.41, 5.74) is 2.20. The first-order valence-corrected chi connectivity index (χ1v) is 9.06. The molecule has 0 spiro atoms. The lowest BCUT2D eigenvalue weighted by atomic mass is 9.72. The molecule has 0 aliphatic carbocycles. The number of piperidine rings is 1. The van der Waals surface area contributed by atoms with Crippen LogP contribution in [0.3, 0.4) is 0 Å². The maximum atomic E-state index is 13.8.